The Morgan fingerprint density at radius 2 is 1.97 bits per heavy atom. The van der Waals surface area contributed by atoms with E-state index in [9.17, 15) is 0 Å². The summed E-state index contributed by atoms with van der Waals surface area (Å²) >= 11 is 0. The van der Waals surface area contributed by atoms with Gasteiger partial charge in [-0.1, -0.05) is 37.6 Å². The Labute approximate surface area is 192 Å². The zero-order chi connectivity index (χ0) is 19.8. The number of benzene rings is 1. The highest BCUT2D eigenvalue weighted by atomic mass is 127. The molecule has 2 heterocycles. The van der Waals surface area contributed by atoms with E-state index in [1.54, 1.807) is 0 Å². The number of aromatic nitrogens is 3. The fourth-order valence-electron chi connectivity index (χ4n) is 3.71. The van der Waals surface area contributed by atoms with Crippen molar-refractivity contribution in [1.29, 1.82) is 0 Å². The lowest BCUT2D eigenvalue weighted by Gasteiger charge is -2.18. The molecule has 1 aromatic carbocycles. The molecule has 0 bridgehead atoms. The molecule has 3 rings (SSSR count). The summed E-state index contributed by atoms with van der Waals surface area (Å²) in [6, 6.07) is 9.00. The topological polar surface area (TPSA) is 67.1 Å². The van der Waals surface area contributed by atoms with Gasteiger partial charge in [-0.25, -0.2) is 0 Å². The summed E-state index contributed by atoms with van der Waals surface area (Å²) in [5.74, 6) is 3.14. The number of fused-ring (bicyclic) bond motifs is 1. The normalized spacial score (nSPS) is 15.1. The molecule has 0 saturated heterocycles. The van der Waals surface area contributed by atoms with E-state index < -0.39 is 0 Å². The summed E-state index contributed by atoms with van der Waals surface area (Å²) in [6.45, 7) is 6.28. The Bertz CT molecular complexity index is 768. The Hall–Kier alpha value is -1.64. The van der Waals surface area contributed by atoms with Gasteiger partial charge in [-0.15, -0.1) is 34.2 Å². The van der Waals surface area contributed by atoms with Crippen LogP contribution in [0, 0.1) is 0 Å². The quantitative estimate of drug-likeness (QED) is 0.255. The zero-order valence-electron chi connectivity index (χ0n) is 17.9. The van der Waals surface area contributed by atoms with Crippen molar-refractivity contribution in [3.63, 3.8) is 0 Å². The SMILES string of the molecule is CCc1ccc(C(C)NC(=NC)NCCCc2nnc3n2CCCCC3)cc1.I. The zero-order valence-corrected chi connectivity index (χ0v) is 20.3. The third kappa shape index (κ3) is 6.69. The fourth-order valence-corrected chi connectivity index (χ4v) is 3.71. The smallest absolute Gasteiger partial charge is 0.191 e. The van der Waals surface area contributed by atoms with Crippen LogP contribution in [0.4, 0.5) is 0 Å². The molecular weight excluding hydrogens is 475 g/mol. The van der Waals surface area contributed by atoms with Gasteiger partial charge in [0.15, 0.2) is 5.96 Å². The molecule has 0 spiro atoms. The Morgan fingerprint density at radius 1 is 1.17 bits per heavy atom. The van der Waals surface area contributed by atoms with Crippen molar-refractivity contribution in [3.8, 4) is 0 Å². The van der Waals surface area contributed by atoms with Crippen molar-refractivity contribution in [2.24, 2.45) is 4.99 Å². The number of guanidine groups is 1. The molecule has 0 fully saturated rings. The lowest BCUT2D eigenvalue weighted by molar-refractivity contribution is 0.592. The number of nitrogens with zero attached hydrogens (tertiary/aromatic N) is 4. The summed E-state index contributed by atoms with van der Waals surface area (Å²) in [5.41, 5.74) is 2.64. The number of nitrogens with one attached hydrogen (secondary N) is 2. The Balaban J connectivity index is 0.00000300. The molecule has 160 valence electrons. The van der Waals surface area contributed by atoms with E-state index >= 15 is 0 Å². The molecule has 1 aromatic heterocycles. The van der Waals surface area contributed by atoms with Gasteiger partial charge in [0.2, 0.25) is 0 Å². The highest BCUT2D eigenvalue weighted by Crippen LogP contribution is 2.15. The maximum absolute atomic E-state index is 4.42. The van der Waals surface area contributed by atoms with Crippen molar-refractivity contribution < 1.29 is 0 Å². The lowest BCUT2D eigenvalue weighted by Crippen LogP contribution is -2.39. The van der Waals surface area contributed by atoms with E-state index in [4.69, 9.17) is 0 Å². The minimum atomic E-state index is 0. The molecule has 7 heteroatoms. The van der Waals surface area contributed by atoms with Crippen LogP contribution in [0.3, 0.4) is 0 Å². The fraction of sp³-hybridized carbons (Fsp3) is 0.591. The highest BCUT2D eigenvalue weighted by molar-refractivity contribution is 14.0. The molecule has 6 nitrogen and oxygen atoms in total. The number of rotatable bonds is 7. The molecule has 2 aromatic rings. The van der Waals surface area contributed by atoms with Crippen LogP contribution in [-0.2, 0) is 25.8 Å². The first-order valence-electron chi connectivity index (χ1n) is 10.7. The number of aryl methyl sites for hydroxylation is 3. The van der Waals surface area contributed by atoms with Gasteiger partial charge in [0, 0.05) is 33.0 Å². The van der Waals surface area contributed by atoms with Gasteiger partial charge in [-0.3, -0.25) is 4.99 Å². The van der Waals surface area contributed by atoms with Crippen molar-refractivity contribution in [1.82, 2.24) is 25.4 Å². The molecule has 1 unspecified atom stereocenters. The average Bonchev–Trinajstić information content (AvgIpc) is 2.95. The molecule has 0 amide bonds. The number of aliphatic imine (C=N–C) groups is 1. The van der Waals surface area contributed by atoms with E-state index in [0.29, 0.717) is 0 Å². The van der Waals surface area contributed by atoms with Crippen LogP contribution < -0.4 is 10.6 Å². The van der Waals surface area contributed by atoms with E-state index in [1.807, 2.05) is 7.05 Å². The third-order valence-electron chi connectivity index (χ3n) is 5.52. The number of halogens is 1. The van der Waals surface area contributed by atoms with Gasteiger partial charge >= 0.3 is 0 Å². The number of hydrogen-bond acceptors (Lipinski definition) is 3. The van der Waals surface area contributed by atoms with Crippen LogP contribution in [0.1, 0.15) is 68.3 Å². The van der Waals surface area contributed by atoms with Crippen LogP contribution >= 0.6 is 24.0 Å². The van der Waals surface area contributed by atoms with Crippen LogP contribution in [-0.4, -0.2) is 34.3 Å². The average molecular weight is 510 g/mol. The van der Waals surface area contributed by atoms with Crippen molar-refractivity contribution in [3.05, 3.63) is 47.0 Å². The second-order valence-electron chi connectivity index (χ2n) is 7.56. The summed E-state index contributed by atoms with van der Waals surface area (Å²) in [5, 5.41) is 15.7. The van der Waals surface area contributed by atoms with Crippen LogP contribution in [0.2, 0.25) is 0 Å². The molecule has 0 radical (unpaired) electrons. The van der Waals surface area contributed by atoms with Gasteiger partial charge in [-0.05, 0) is 43.7 Å². The molecule has 1 atom stereocenters. The molecule has 29 heavy (non-hydrogen) atoms. The molecule has 1 aliphatic rings. The van der Waals surface area contributed by atoms with Crippen LogP contribution in [0.5, 0.6) is 0 Å². The van der Waals surface area contributed by atoms with E-state index in [-0.39, 0.29) is 30.0 Å². The van der Waals surface area contributed by atoms with Crippen molar-refractivity contribution in [2.75, 3.05) is 13.6 Å². The summed E-state index contributed by atoms with van der Waals surface area (Å²) in [7, 11) is 1.82. The third-order valence-corrected chi connectivity index (χ3v) is 5.52. The first-order valence-corrected chi connectivity index (χ1v) is 10.7. The van der Waals surface area contributed by atoms with Gasteiger partial charge in [-0.2, -0.15) is 0 Å². The number of hydrogen-bond donors (Lipinski definition) is 2. The van der Waals surface area contributed by atoms with Gasteiger partial charge in [0.25, 0.3) is 0 Å². The maximum atomic E-state index is 4.42. The minimum Gasteiger partial charge on any atom is -0.356 e. The van der Waals surface area contributed by atoms with Gasteiger partial charge in [0.05, 0.1) is 6.04 Å². The van der Waals surface area contributed by atoms with E-state index in [2.05, 4.69) is 68.5 Å². The Kier molecular flexibility index (Phi) is 9.90. The van der Waals surface area contributed by atoms with Gasteiger partial charge < -0.3 is 15.2 Å². The minimum absolute atomic E-state index is 0. The Morgan fingerprint density at radius 3 is 2.69 bits per heavy atom. The molecule has 0 saturated carbocycles. The highest BCUT2D eigenvalue weighted by Gasteiger charge is 2.14. The van der Waals surface area contributed by atoms with Crippen molar-refractivity contribution >= 4 is 29.9 Å². The van der Waals surface area contributed by atoms with Crippen LogP contribution in [0.25, 0.3) is 0 Å². The van der Waals surface area contributed by atoms with E-state index in [1.165, 1.54) is 36.2 Å². The van der Waals surface area contributed by atoms with Crippen LogP contribution in [0.15, 0.2) is 29.3 Å². The predicted molar refractivity (Wildman–Crippen MR) is 130 cm³/mol. The summed E-state index contributed by atoms with van der Waals surface area (Å²) in [6.07, 6.45) is 7.87. The maximum Gasteiger partial charge on any atom is 0.191 e. The molecule has 0 aliphatic carbocycles. The summed E-state index contributed by atoms with van der Waals surface area (Å²) < 4.78 is 2.34. The van der Waals surface area contributed by atoms with E-state index in [0.717, 1.165) is 50.6 Å². The summed E-state index contributed by atoms with van der Waals surface area (Å²) in [4.78, 5) is 4.37. The lowest BCUT2D eigenvalue weighted by atomic mass is 10.1. The second-order valence-corrected chi connectivity index (χ2v) is 7.56. The molecular formula is C22H35IN6. The standard InChI is InChI=1S/C22H34N6.HI/c1-4-18-11-13-19(14-12-18)17(2)25-22(23-3)24-15-8-10-21-27-26-20-9-6-5-7-16-28(20)21;/h11-14,17H,4-10,15-16H2,1-3H3,(H2,23,24,25);1H. The monoisotopic (exact) mass is 510 g/mol. The second kappa shape index (κ2) is 12.1. The largest absolute Gasteiger partial charge is 0.356 e. The molecule has 2 N–H and O–H groups in total. The predicted octanol–water partition coefficient (Wildman–Crippen LogP) is 4.04. The van der Waals surface area contributed by atoms with Crippen molar-refractivity contribution in [2.45, 2.75) is 71.4 Å². The first kappa shape index (κ1) is 23.6. The molecule has 1 aliphatic heterocycles. The first-order chi connectivity index (χ1) is 13.7. The van der Waals surface area contributed by atoms with Gasteiger partial charge in [0.1, 0.15) is 11.6 Å².